The highest BCUT2D eigenvalue weighted by Crippen LogP contribution is 2.26. The molecule has 1 aliphatic rings. The molecule has 1 atom stereocenters. The fourth-order valence-electron chi connectivity index (χ4n) is 4.65. The Balaban J connectivity index is 1.46. The van der Waals surface area contributed by atoms with Crippen molar-refractivity contribution in [3.05, 3.63) is 99.6 Å². The Labute approximate surface area is 202 Å². The summed E-state index contributed by atoms with van der Waals surface area (Å²) in [6, 6.07) is 19.3. The molecule has 4 rings (SSSR count). The highest BCUT2D eigenvalue weighted by Gasteiger charge is 2.19. The van der Waals surface area contributed by atoms with Crippen LogP contribution in [0, 0.1) is 13.8 Å². The van der Waals surface area contributed by atoms with Crippen LogP contribution in [0.5, 0.6) is 0 Å². The van der Waals surface area contributed by atoms with Crippen LogP contribution in [0.3, 0.4) is 0 Å². The number of sulfonamides is 1. The molecule has 0 heterocycles. The highest BCUT2D eigenvalue weighted by molar-refractivity contribution is 7.92. The number of fused-ring (bicyclic) bond motifs is 1. The van der Waals surface area contributed by atoms with Gasteiger partial charge in [-0.15, -0.1) is 0 Å². The monoisotopic (exact) mass is 476 g/mol. The lowest BCUT2D eigenvalue weighted by atomic mass is 10.0. The number of nitrogens with zero attached hydrogens (tertiary/aromatic N) is 1. The summed E-state index contributed by atoms with van der Waals surface area (Å²) in [4.78, 5) is 12.8. The summed E-state index contributed by atoms with van der Waals surface area (Å²) in [5, 5.41) is 3.08. The summed E-state index contributed by atoms with van der Waals surface area (Å²) in [7, 11) is -3.47. The van der Waals surface area contributed by atoms with Crippen LogP contribution >= 0.6 is 0 Å². The largest absolute Gasteiger partial charge is 0.346 e. The fourth-order valence-corrected chi connectivity index (χ4v) is 5.52. The van der Waals surface area contributed by atoms with Crippen molar-refractivity contribution in [1.82, 2.24) is 5.32 Å². The van der Waals surface area contributed by atoms with Gasteiger partial charge in [-0.3, -0.25) is 9.10 Å². The van der Waals surface area contributed by atoms with Crippen LogP contribution < -0.4 is 9.62 Å². The van der Waals surface area contributed by atoms with Gasteiger partial charge in [0.25, 0.3) is 5.91 Å². The third-order valence-electron chi connectivity index (χ3n) is 6.41. The number of rotatable bonds is 7. The third-order valence-corrected chi connectivity index (χ3v) is 7.55. The first-order valence-corrected chi connectivity index (χ1v) is 13.5. The fraction of sp³-hybridized carbons (Fsp3) is 0.321. The topological polar surface area (TPSA) is 66.5 Å². The molecular weight excluding hydrogens is 444 g/mol. The molecule has 1 N–H and O–H groups in total. The van der Waals surface area contributed by atoms with E-state index in [0.29, 0.717) is 11.3 Å². The minimum Gasteiger partial charge on any atom is -0.346 e. The van der Waals surface area contributed by atoms with E-state index < -0.39 is 10.0 Å². The number of anilines is 1. The molecule has 0 fully saturated rings. The van der Waals surface area contributed by atoms with Gasteiger partial charge in [0.2, 0.25) is 10.0 Å². The SMILES string of the molecule is Cc1cc(C)cc(N(Cc2ccc(C(=O)N[C@@H](C)c3ccc4c(c3)CCC4)cc2)S(C)(=O)=O)c1. The van der Waals surface area contributed by atoms with Crippen molar-refractivity contribution in [2.45, 2.75) is 52.6 Å². The van der Waals surface area contributed by atoms with Crippen molar-refractivity contribution in [1.29, 1.82) is 0 Å². The predicted octanol–water partition coefficient (Wildman–Crippen LogP) is 5.25. The van der Waals surface area contributed by atoms with Crippen molar-refractivity contribution in [3.8, 4) is 0 Å². The first-order chi connectivity index (χ1) is 16.1. The Bertz CT molecular complexity index is 1290. The van der Waals surface area contributed by atoms with E-state index in [9.17, 15) is 13.2 Å². The Morgan fingerprint density at radius 3 is 2.24 bits per heavy atom. The van der Waals surface area contributed by atoms with Crippen LogP contribution in [0.4, 0.5) is 5.69 Å². The van der Waals surface area contributed by atoms with Gasteiger partial charge in [-0.05, 0) is 97.7 Å². The van der Waals surface area contributed by atoms with Crippen molar-refractivity contribution in [2.24, 2.45) is 0 Å². The van der Waals surface area contributed by atoms with E-state index >= 15 is 0 Å². The average Bonchev–Trinajstić information content (AvgIpc) is 3.24. The lowest BCUT2D eigenvalue weighted by Crippen LogP contribution is -2.29. The third kappa shape index (κ3) is 5.50. The van der Waals surface area contributed by atoms with Crippen LogP contribution in [-0.4, -0.2) is 20.6 Å². The van der Waals surface area contributed by atoms with E-state index in [1.807, 2.05) is 51.1 Å². The van der Waals surface area contributed by atoms with Gasteiger partial charge in [-0.25, -0.2) is 8.42 Å². The maximum atomic E-state index is 12.8. The Morgan fingerprint density at radius 2 is 1.59 bits per heavy atom. The van der Waals surface area contributed by atoms with Crippen molar-refractivity contribution in [3.63, 3.8) is 0 Å². The van der Waals surface area contributed by atoms with Crippen LogP contribution in [0.1, 0.15) is 63.1 Å². The van der Waals surface area contributed by atoms with Crippen LogP contribution in [0.2, 0.25) is 0 Å². The summed E-state index contributed by atoms with van der Waals surface area (Å²) in [5.74, 6) is -0.145. The molecule has 1 amide bonds. The molecule has 5 nitrogen and oxygen atoms in total. The Kier molecular flexibility index (Phi) is 6.80. The number of hydrogen-bond acceptors (Lipinski definition) is 3. The zero-order valence-electron chi connectivity index (χ0n) is 20.3. The maximum Gasteiger partial charge on any atom is 0.251 e. The van der Waals surface area contributed by atoms with Gasteiger partial charge < -0.3 is 5.32 Å². The number of carbonyl (C=O) groups excluding carboxylic acids is 1. The molecule has 6 heteroatoms. The number of hydrogen-bond donors (Lipinski definition) is 1. The second kappa shape index (κ2) is 9.63. The molecule has 0 spiro atoms. The van der Waals surface area contributed by atoms with Crippen molar-refractivity contribution in [2.75, 3.05) is 10.6 Å². The van der Waals surface area contributed by atoms with Gasteiger partial charge in [0.1, 0.15) is 0 Å². The number of benzene rings is 3. The molecule has 0 aromatic heterocycles. The van der Waals surface area contributed by atoms with E-state index in [-0.39, 0.29) is 18.5 Å². The van der Waals surface area contributed by atoms with Gasteiger partial charge in [-0.1, -0.05) is 36.4 Å². The van der Waals surface area contributed by atoms with Crippen molar-refractivity contribution >= 4 is 21.6 Å². The van der Waals surface area contributed by atoms with E-state index in [0.717, 1.165) is 35.1 Å². The summed E-state index contributed by atoms with van der Waals surface area (Å²) >= 11 is 0. The molecule has 0 unspecified atom stereocenters. The predicted molar refractivity (Wildman–Crippen MR) is 138 cm³/mol. The number of carbonyl (C=O) groups is 1. The second-order valence-corrected chi connectivity index (χ2v) is 11.3. The van der Waals surface area contributed by atoms with E-state index in [4.69, 9.17) is 0 Å². The minimum absolute atomic E-state index is 0.0941. The van der Waals surface area contributed by atoms with Gasteiger partial charge >= 0.3 is 0 Å². The lowest BCUT2D eigenvalue weighted by Gasteiger charge is -2.23. The minimum atomic E-state index is -3.47. The second-order valence-electron chi connectivity index (χ2n) is 9.39. The molecule has 1 aliphatic carbocycles. The van der Waals surface area contributed by atoms with Crippen molar-refractivity contribution < 1.29 is 13.2 Å². The molecule has 0 aliphatic heterocycles. The quantitative estimate of drug-likeness (QED) is 0.507. The summed E-state index contributed by atoms with van der Waals surface area (Å²) in [6.45, 7) is 6.11. The van der Waals surface area contributed by atoms with Crippen LogP contribution in [0.15, 0.2) is 60.7 Å². The first-order valence-electron chi connectivity index (χ1n) is 11.7. The molecule has 3 aromatic carbocycles. The molecule has 0 bridgehead atoms. The van der Waals surface area contributed by atoms with E-state index in [2.05, 4.69) is 23.5 Å². The van der Waals surface area contributed by atoms with Gasteiger partial charge in [0.15, 0.2) is 0 Å². The zero-order chi connectivity index (χ0) is 24.5. The first kappa shape index (κ1) is 24.0. The number of aryl methyl sites for hydroxylation is 4. The zero-order valence-corrected chi connectivity index (χ0v) is 21.1. The highest BCUT2D eigenvalue weighted by atomic mass is 32.2. The molecular formula is C28H32N2O3S. The molecule has 3 aromatic rings. The Hall–Kier alpha value is -3.12. The Morgan fingerprint density at radius 1 is 0.941 bits per heavy atom. The summed E-state index contributed by atoms with van der Waals surface area (Å²) in [6.07, 6.45) is 4.67. The molecule has 0 radical (unpaired) electrons. The van der Waals surface area contributed by atoms with Gasteiger partial charge in [-0.2, -0.15) is 0 Å². The number of nitrogens with one attached hydrogen (secondary N) is 1. The summed E-state index contributed by atoms with van der Waals surface area (Å²) < 4.78 is 26.4. The smallest absolute Gasteiger partial charge is 0.251 e. The van der Waals surface area contributed by atoms with Gasteiger partial charge in [0, 0.05) is 5.56 Å². The van der Waals surface area contributed by atoms with Gasteiger partial charge in [0.05, 0.1) is 24.5 Å². The molecule has 0 saturated heterocycles. The summed E-state index contributed by atoms with van der Waals surface area (Å²) in [5.41, 5.74) is 7.94. The normalized spacial score (nSPS) is 13.9. The molecule has 0 saturated carbocycles. The molecule has 34 heavy (non-hydrogen) atoms. The van der Waals surface area contributed by atoms with Crippen LogP contribution in [-0.2, 0) is 29.4 Å². The number of amides is 1. The lowest BCUT2D eigenvalue weighted by molar-refractivity contribution is 0.0940. The van der Waals surface area contributed by atoms with E-state index in [1.165, 1.54) is 28.1 Å². The van der Waals surface area contributed by atoms with E-state index in [1.54, 1.807) is 12.1 Å². The maximum absolute atomic E-state index is 12.8. The molecule has 178 valence electrons. The van der Waals surface area contributed by atoms with Crippen LogP contribution in [0.25, 0.3) is 0 Å². The average molecular weight is 477 g/mol. The standard InChI is InChI=1S/C28H32N2O3S/c1-19-14-20(2)16-27(15-19)30(34(4,32)33)18-22-8-10-24(11-9-22)28(31)29-21(3)25-13-12-23-6-5-7-26(23)17-25/h8-17,21H,5-7,18H2,1-4H3,(H,29,31)/t21-/m0/s1.